The van der Waals surface area contributed by atoms with E-state index in [0.29, 0.717) is 19.6 Å². The molecule has 1 heterocycles. The predicted octanol–water partition coefficient (Wildman–Crippen LogP) is 3.10. The lowest BCUT2D eigenvalue weighted by molar-refractivity contribution is -0.134. The number of likely N-dealkylation sites (N-methyl/N-ethyl adjacent to an activating group) is 1. The maximum atomic E-state index is 12.6. The first kappa shape index (κ1) is 20.7. The van der Waals surface area contributed by atoms with E-state index in [-0.39, 0.29) is 23.8 Å². The number of nitrogens with one attached hydrogen (secondary N) is 1. The van der Waals surface area contributed by atoms with Gasteiger partial charge >= 0.3 is 0 Å². The van der Waals surface area contributed by atoms with Crippen LogP contribution >= 0.6 is 11.6 Å². The summed E-state index contributed by atoms with van der Waals surface area (Å²) in [7, 11) is 0. The monoisotopic (exact) mass is 379 g/mol. The van der Waals surface area contributed by atoms with Crippen molar-refractivity contribution in [1.29, 1.82) is 0 Å². The molecular weight excluding hydrogens is 350 g/mol. The van der Waals surface area contributed by atoms with Gasteiger partial charge in [0, 0.05) is 37.5 Å². The average Bonchev–Trinajstić information content (AvgIpc) is 2.65. The van der Waals surface area contributed by atoms with Crippen LogP contribution < -0.4 is 5.32 Å². The van der Waals surface area contributed by atoms with E-state index in [1.165, 1.54) is 0 Å². The second-order valence-corrected chi connectivity index (χ2v) is 7.19. The van der Waals surface area contributed by atoms with E-state index in [1.54, 1.807) is 6.92 Å². The molecular formula is C20H30ClN3O2. The number of carbonyl (C=O) groups excluding carboxylic acids is 2. The Labute approximate surface area is 161 Å². The molecule has 2 amide bonds. The van der Waals surface area contributed by atoms with E-state index in [9.17, 15) is 9.59 Å². The quantitative estimate of drug-likeness (QED) is 0.792. The summed E-state index contributed by atoms with van der Waals surface area (Å²) in [5.74, 6) is 0.149. The van der Waals surface area contributed by atoms with Crippen LogP contribution in [-0.2, 0) is 9.59 Å². The standard InChI is InChI=1S/C20H30ClN3O2/c1-4-23(5-2)19(17-8-6-7-9-18(17)21)14-22-20(26)16-10-12-24(13-11-16)15(3)25/h6-9,16,19H,4-5,10-14H2,1-3H3,(H,22,26). The highest BCUT2D eigenvalue weighted by Crippen LogP contribution is 2.27. The zero-order valence-corrected chi connectivity index (χ0v) is 16.8. The third-order valence-electron chi connectivity index (χ3n) is 5.30. The Hall–Kier alpha value is -1.59. The summed E-state index contributed by atoms with van der Waals surface area (Å²) < 4.78 is 0. The Morgan fingerprint density at radius 3 is 2.38 bits per heavy atom. The second-order valence-electron chi connectivity index (χ2n) is 6.78. The molecule has 0 bridgehead atoms. The van der Waals surface area contributed by atoms with Gasteiger partial charge < -0.3 is 10.2 Å². The van der Waals surface area contributed by atoms with Crippen molar-refractivity contribution in [3.63, 3.8) is 0 Å². The number of hydrogen-bond acceptors (Lipinski definition) is 3. The van der Waals surface area contributed by atoms with Crippen LogP contribution in [-0.4, -0.2) is 54.3 Å². The number of nitrogens with zero attached hydrogens (tertiary/aromatic N) is 2. The second kappa shape index (κ2) is 9.93. The lowest BCUT2D eigenvalue weighted by Gasteiger charge is -2.33. The van der Waals surface area contributed by atoms with Gasteiger partial charge in [-0.3, -0.25) is 14.5 Å². The average molecular weight is 380 g/mol. The van der Waals surface area contributed by atoms with E-state index in [4.69, 9.17) is 11.6 Å². The summed E-state index contributed by atoms with van der Waals surface area (Å²) in [4.78, 5) is 28.2. The minimum Gasteiger partial charge on any atom is -0.354 e. The lowest BCUT2D eigenvalue weighted by atomic mass is 9.95. The molecule has 1 aromatic rings. The molecule has 26 heavy (non-hydrogen) atoms. The summed E-state index contributed by atoms with van der Waals surface area (Å²) >= 11 is 6.41. The van der Waals surface area contributed by atoms with Crippen molar-refractivity contribution < 1.29 is 9.59 Å². The Bertz CT molecular complexity index is 611. The molecule has 6 heteroatoms. The molecule has 0 radical (unpaired) electrons. The van der Waals surface area contributed by atoms with E-state index in [2.05, 4.69) is 24.1 Å². The molecule has 0 aromatic heterocycles. The van der Waals surface area contributed by atoms with E-state index in [0.717, 1.165) is 36.5 Å². The summed E-state index contributed by atoms with van der Waals surface area (Å²) in [6.07, 6.45) is 1.46. The van der Waals surface area contributed by atoms with Gasteiger partial charge in [-0.05, 0) is 37.6 Å². The smallest absolute Gasteiger partial charge is 0.223 e. The van der Waals surface area contributed by atoms with Crippen molar-refractivity contribution in [2.45, 2.75) is 39.7 Å². The highest BCUT2D eigenvalue weighted by molar-refractivity contribution is 6.31. The van der Waals surface area contributed by atoms with Crippen molar-refractivity contribution in [3.8, 4) is 0 Å². The first-order valence-electron chi connectivity index (χ1n) is 9.49. The minimum absolute atomic E-state index is 0.0193. The van der Waals surface area contributed by atoms with Crippen LogP contribution in [0.15, 0.2) is 24.3 Å². The van der Waals surface area contributed by atoms with Crippen molar-refractivity contribution >= 4 is 23.4 Å². The summed E-state index contributed by atoms with van der Waals surface area (Å²) in [6.45, 7) is 9.46. The molecule has 1 N–H and O–H groups in total. The highest BCUT2D eigenvalue weighted by atomic mass is 35.5. The van der Waals surface area contributed by atoms with Gasteiger partial charge in [-0.2, -0.15) is 0 Å². The Kier molecular flexibility index (Phi) is 7.91. The molecule has 0 aliphatic carbocycles. The van der Waals surface area contributed by atoms with Gasteiger partial charge in [0.2, 0.25) is 11.8 Å². The van der Waals surface area contributed by atoms with Crippen molar-refractivity contribution in [3.05, 3.63) is 34.9 Å². The zero-order valence-electron chi connectivity index (χ0n) is 16.0. The van der Waals surface area contributed by atoms with Gasteiger partial charge in [-0.15, -0.1) is 0 Å². The van der Waals surface area contributed by atoms with Crippen molar-refractivity contribution in [2.24, 2.45) is 5.92 Å². The normalized spacial score (nSPS) is 16.6. The van der Waals surface area contributed by atoms with Gasteiger partial charge in [0.05, 0.1) is 6.04 Å². The number of likely N-dealkylation sites (tertiary alicyclic amines) is 1. The summed E-state index contributed by atoms with van der Waals surface area (Å²) in [5, 5.41) is 3.86. The fourth-order valence-corrected chi connectivity index (χ4v) is 3.91. The van der Waals surface area contributed by atoms with Gasteiger partial charge in [0.1, 0.15) is 0 Å². The number of piperidine rings is 1. The van der Waals surface area contributed by atoms with E-state index < -0.39 is 0 Å². The third-order valence-corrected chi connectivity index (χ3v) is 5.64. The first-order valence-corrected chi connectivity index (χ1v) is 9.87. The fourth-order valence-electron chi connectivity index (χ4n) is 3.64. The Balaban J connectivity index is 2.00. The van der Waals surface area contributed by atoms with Crippen molar-refractivity contribution in [1.82, 2.24) is 15.1 Å². The molecule has 1 saturated heterocycles. The summed E-state index contributed by atoms with van der Waals surface area (Å²) in [6, 6.07) is 7.89. The van der Waals surface area contributed by atoms with Gasteiger partial charge in [-0.25, -0.2) is 0 Å². The van der Waals surface area contributed by atoms with Gasteiger partial charge in [0.25, 0.3) is 0 Å². The SMILES string of the molecule is CCN(CC)C(CNC(=O)C1CCN(C(C)=O)CC1)c1ccccc1Cl. The number of rotatable bonds is 7. The van der Waals surface area contributed by atoms with Gasteiger partial charge in [0.15, 0.2) is 0 Å². The molecule has 1 aromatic carbocycles. The lowest BCUT2D eigenvalue weighted by Crippen LogP contribution is -2.44. The van der Waals surface area contributed by atoms with E-state index >= 15 is 0 Å². The van der Waals surface area contributed by atoms with Crippen LogP contribution in [0.4, 0.5) is 0 Å². The molecule has 144 valence electrons. The van der Waals surface area contributed by atoms with Crippen LogP contribution in [0.1, 0.15) is 45.2 Å². The molecule has 5 nitrogen and oxygen atoms in total. The highest BCUT2D eigenvalue weighted by Gasteiger charge is 2.27. The van der Waals surface area contributed by atoms with Crippen LogP contribution in [0.3, 0.4) is 0 Å². The van der Waals surface area contributed by atoms with Crippen LogP contribution in [0.2, 0.25) is 5.02 Å². The van der Waals surface area contributed by atoms with Crippen LogP contribution in [0.5, 0.6) is 0 Å². The molecule has 1 aliphatic rings. The fraction of sp³-hybridized carbons (Fsp3) is 0.600. The third kappa shape index (κ3) is 5.21. The Morgan fingerprint density at radius 1 is 1.23 bits per heavy atom. The molecule has 0 saturated carbocycles. The molecule has 1 aliphatic heterocycles. The Morgan fingerprint density at radius 2 is 1.85 bits per heavy atom. The van der Waals surface area contributed by atoms with Crippen molar-refractivity contribution in [2.75, 3.05) is 32.7 Å². The largest absolute Gasteiger partial charge is 0.354 e. The maximum Gasteiger partial charge on any atom is 0.223 e. The predicted molar refractivity (Wildman–Crippen MR) is 105 cm³/mol. The topological polar surface area (TPSA) is 52.7 Å². The number of carbonyl (C=O) groups is 2. The molecule has 2 rings (SSSR count). The number of hydrogen-bond donors (Lipinski definition) is 1. The summed E-state index contributed by atoms with van der Waals surface area (Å²) in [5.41, 5.74) is 1.05. The number of amides is 2. The molecule has 1 atom stereocenters. The van der Waals surface area contributed by atoms with Crippen LogP contribution in [0.25, 0.3) is 0 Å². The first-order chi connectivity index (χ1) is 12.5. The van der Waals surface area contributed by atoms with Crippen LogP contribution in [0, 0.1) is 5.92 Å². The maximum absolute atomic E-state index is 12.6. The molecule has 1 unspecified atom stereocenters. The number of halogens is 1. The molecule has 1 fully saturated rings. The van der Waals surface area contributed by atoms with Gasteiger partial charge in [-0.1, -0.05) is 43.6 Å². The minimum atomic E-state index is -0.0193. The zero-order chi connectivity index (χ0) is 19.1. The number of benzene rings is 1. The van der Waals surface area contributed by atoms with E-state index in [1.807, 2.05) is 29.2 Å². The molecule has 0 spiro atoms.